The first-order valence-corrected chi connectivity index (χ1v) is 5.81. The van der Waals surface area contributed by atoms with E-state index < -0.39 is 6.17 Å². The Morgan fingerprint density at radius 2 is 2.25 bits per heavy atom. The largest absolute Gasteiger partial charge is 0.383 e. The van der Waals surface area contributed by atoms with Crippen molar-refractivity contribution in [3.63, 3.8) is 0 Å². The van der Waals surface area contributed by atoms with E-state index in [0.29, 0.717) is 12.2 Å². The molecule has 1 aliphatic rings. The third-order valence-electron chi connectivity index (χ3n) is 3.24. The van der Waals surface area contributed by atoms with Gasteiger partial charge in [0.15, 0.2) is 0 Å². The Hall–Kier alpha value is -1.16. The Morgan fingerprint density at radius 3 is 2.94 bits per heavy atom. The minimum absolute atomic E-state index is 0.167. The minimum atomic E-state index is -0.798. The van der Waals surface area contributed by atoms with Gasteiger partial charge in [-0.25, -0.2) is 9.37 Å². The first kappa shape index (κ1) is 11.3. The Morgan fingerprint density at radius 1 is 1.50 bits per heavy atom. The number of pyridine rings is 1. The summed E-state index contributed by atoms with van der Waals surface area (Å²) in [4.78, 5) is 3.98. The van der Waals surface area contributed by atoms with Gasteiger partial charge in [0.1, 0.15) is 12.0 Å². The van der Waals surface area contributed by atoms with Gasteiger partial charge in [-0.15, -0.1) is 0 Å². The number of anilines is 1. The van der Waals surface area contributed by atoms with Crippen molar-refractivity contribution in [2.75, 3.05) is 18.8 Å². The molecule has 0 aliphatic carbocycles. The summed E-state index contributed by atoms with van der Waals surface area (Å²) >= 11 is 0. The van der Waals surface area contributed by atoms with Crippen LogP contribution in [0.25, 0.3) is 0 Å². The number of piperidine rings is 1. The first-order valence-electron chi connectivity index (χ1n) is 5.81. The van der Waals surface area contributed by atoms with Gasteiger partial charge >= 0.3 is 0 Å². The second-order valence-electron chi connectivity index (χ2n) is 4.36. The van der Waals surface area contributed by atoms with Crippen molar-refractivity contribution < 1.29 is 4.39 Å². The molecule has 0 amide bonds. The van der Waals surface area contributed by atoms with Crippen molar-refractivity contribution >= 4 is 5.82 Å². The lowest BCUT2D eigenvalue weighted by Crippen LogP contribution is -2.33. The van der Waals surface area contributed by atoms with Gasteiger partial charge in [0.25, 0.3) is 0 Å². The molecule has 1 aromatic rings. The van der Waals surface area contributed by atoms with Gasteiger partial charge in [-0.05, 0) is 43.5 Å². The molecule has 1 atom stereocenters. The van der Waals surface area contributed by atoms with Crippen molar-refractivity contribution in [2.45, 2.75) is 25.4 Å². The second kappa shape index (κ2) is 5.25. The topological polar surface area (TPSA) is 50.9 Å². The van der Waals surface area contributed by atoms with E-state index in [9.17, 15) is 4.39 Å². The van der Waals surface area contributed by atoms with Crippen LogP contribution in [0.1, 0.15) is 18.4 Å². The molecule has 2 heterocycles. The maximum absolute atomic E-state index is 14.0. The fourth-order valence-corrected chi connectivity index (χ4v) is 2.21. The van der Waals surface area contributed by atoms with E-state index in [4.69, 9.17) is 5.73 Å². The van der Waals surface area contributed by atoms with Crippen LogP contribution in [0.4, 0.5) is 10.2 Å². The molecule has 0 spiro atoms. The van der Waals surface area contributed by atoms with Crippen LogP contribution in [0.15, 0.2) is 18.3 Å². The molecule has 1 aliphatic heterocycles. The van der Waals surface area contributed by atoms with Gasteiger partial charge in [0.2, 0.25) is 0 Å². The standard InChI is InChI=1S/C12H18FN3/c13-11(9-3-6-15-7-4-9)8-10-2-1-5-16-12(10)14/h1-2,5,9,11,15H,3-4,6-8H2,(H2,14,16). The molecule has 3 nitrogen and oxygen atoms in total. The molecule has 4 heteroatoms. The first-order chi connectivity index (χ1) is 7.77. The summed E-state index contributed by atoms with van der Waals surface area (Å²) in [7, 11) is 0. The van der Waals surface area contributed by atoms with Crippen LogP contribution >= 0.6 is 0 Å². The molecule has 88 valence electrons. The average molecular weight is 223 g/mol. The number of hydrogen-bond donors (Lipinski definition) is 2. The van der Waals surface area contributed by atoms with Crippen LogP contribution in [0.3, 0.4) is 0 Å². The van der Waals surface area contributed by atoms with Crippen molar-refractivity contribution in [1.82, 2.24) is 10.3 Å². The van der Waals surface area contributed by atoms with E-state index >= 15 is 0 Å². The monoisotopic (exact) mass is 223 g/mol. The third-order valence-corrected chi connectivity index (χ3v) is 3.24. The molecule has 0 aromatic carbocycles. The second-order valence-corrected chi connectivity index (χ2v) is 4.36. The lowest BCUT2D eigenvalue weighted by atomic mass is 9.90. The number of nitrogens with two attached hydrogens (primary N) is 1. The highest BCUT2D eigenvalue weighted by atomic mass is 19.1. The van der Waals surface area contributed by atoms with Crippen LogP contribution in [0.2, 0.25) is 0 Å². The molecule has 1 aromatic heterocycles. The predicted molar refractivity (Wildman–Crippen MR) is 62.8 cm³/mol. The molecule has 0 bridgehead atoms. The lowest BCUT2D eigenvalue weighted by Gasteiger charge is -2.25. The number of nitrogen functional groups attached to an aromatic ring is 1. The zero-order chi connectivity index (χ0) is 11.4. The molecule has 16 heavy (non-hydrogen) atoms. The minimum Gasteiger partial charge on any atom is -0.383 e. The normalized spacial score (nSPS) is 19.6. The van der Waals surface area contributed by atoms with Gasteiger partial charge in [0, 0.05) is 12.6 Å². The highest BCUT2D eigenvalue weighted by molar-refractivity contribution is 5.38. The van der Waals surface area contributed by atoms with Crippen molar-refractivity contribution in [1.29, 1.82) is 0 Å². The van der Waals surface area contributed by atoms with E-state index in [2.05, 4.69) is 10.3 Å². The van der Waals surface area contributed by atoms with Gasteiger partial charge in [-0.1, -0.05) is 6.07 Å². The van der Waals surface area contributed by atoms with Gasteiger partial charge < -0.3 is 11.1 Å². The van der Waals surface area contributed by atoms with Crippen molar-refractivity contribution in [3.8, 4) is 0 Å². The highest BCUT2D eigenvalue weighted by Crippen LogP contribution is 2.23. The SMILES string of the molecule is Nc1ncccc1CC(F)C1CCNCC1. The third kappa shape index (κ3) is 2.70. The zero-order valence-corrected chi connectivity index (χ0v) is 9.32. The fourth-order valence-electron chi connectivity index (χ4n) is 2.21. The van der Waals surface area contributed by atoms with Gasteiger partial charge in [-0.2, -0.15) is 0 Å². The summed E-state index contributed by atoms with van der Waals surface area (Å²) in [5, 5.41) is 3.24. The molecule has 3 N–H and O–H groups in total. The number of halogens is 1. The zero-order valence-electron chi connectivity index (χ0n) is 9.32. The van der Waals surface area contributed by atoms with E-state index in [0.717, 1.165) is 31.5 Å². The number of nitrogens with zero attached hydrogens (tertiary/aromatic N) is 1. The van der Waals surface area contributed by atoms with Crippen molar-refractivity contribution in [2.24, 2.45) is 5.92 Å². The molecule has 0 radical (unpaired) electrons. The lowest BCUT2D eigenvalue weighted by molar-refractivity contribution is 0.187. The summed E-state index contributed by atoms with van der Waals surface area (Å²) < 4.78 is 14.0. The van der Waals surface area contributed by atoms with E-state index in [1.807, 2.05) is 6.07 Å². The van der Waals surface area contributed by atoms with E-state index in [-0.39, 0.29) is 5.92 Å². The average Bonchev–Trinajstić information content (AvgIpc) is 2.33. The molecule has 1 saturated heterocycles. The predicted octanol–water partition coefficient (Wildman–Crippen LogP) is 1.54. The highest BCUT2D eigenvalue weighted by Gasteiger charge is 2.23. The Bertz CT molecular complexity index is 337. The summed E-state index contributed by atoms with van der Waals surface area (Å²) in [6.07, 6.45) is 3.07. The van der Waals surface area contributed by atoms with Gasteiger partial charge in [-0.3, -0.25) is 0 Å². The smallest absolute Gasteiger partial charge is 0.126 e. The van der Waals surface area contributed by atoms with Gasteiger partial charge in [0.05, 0.1) is 0 Å². The Kier molecular flexibility index (Phi) is 3.72. The number of alkyl halides is 1. The maximum Gasteiger partial charge on any atom is 0.126 e. The van der Waals surface area contributed by atoms with E-state index in [1.54, 1.807) is 12.3 Å². The summed E-state index contributed by atoms with van der Waals surface area (Å²) in [5.41, 5.74) is 6.54. The summed E-state index contributed by atoms with van der Waals surface area (Å²) in [6, 6.07) is 3.66. The number of nitrogens with one attached hydrogen (secondary N) is 1. The Labute approximate surface area is 95.3 Å². The van der Waals surface area contributed by atoms with E-state index in [1.165, 1.54) is 0 Å². The van der Waals surface area contributed by atoms with Crippen molar-refractivity contribution in [3.05, 3.63) is 23.9 Å². The molecule has 2 rings (SSSR count). The molecule has 1 unspecified atom stereocenters. The maximum atomic E-state index is 14.0. The van der Waals surface area contributed by atoms with Crippen LogP contribution in [-0.2, 0) is 6.42 Å². The van der Waals surface area contributed by atoms with Crippen LogP contribution in [0.5, 0.6) is 0 Å². The molecular weight excluding hydrogens is 205 g/mol. The summed E-state index contributed by atoms with van der Waals surface area (Å²) in [6.45, 7) is 1.85. The molecule has 0 saturated carbocycles. The van der Waals surface area contributed by atoms with Crippen LogP contribution in [-0.4, -0.2) is 24.2 Å². The summed E-state index contributed by atoms with van der Waals surface area (Å²) in [5.74, 6) is 0.625. The number of aromatic nitrogens is 1. The number of hydrogen-bond acceptors (Lipinski definition) is 3. The fraction of sp³-hybridized carbons (Fsp3) is 0.583. The molecule has 1 fully saturated rings. The molecular formula is C12H18FN3. The van der Waals surface area contributed by atoms with Crippen LogP contribution in [0, 0.1) is 5.92 Å². The number of rotatable bonds is 3. The van der Waals surface area contributed by atoms with Crippen LogP contribution < -0.4 is 11.1 Å². The quantitative estimate of drug-likeness (QED) is 0.817. The Balaban J connectivity index is 1.96.